The number of hydrogen-bond acceptors (Lipinski definition) is 6. The van der Waals surface area contributed by atoms with Crippen molar-refractivity contribution in [1.29, 1.82) is 0 Å². The van der Waals surface area contributed by atoms with Crippen LogP contribution >= 0.6 is 0 Å². The average Bonchev–Trinajstić information content (AvgIpc) is 3.36. The first kappa shape index (κ1) is 23.5. The summed E-state index contributed by atoms with van der Waals surface area (Å²) in [5.74, 6) is -1.94. The molecule has 1 N–H and O–H groups in total. The van der Waals surface area contributed by atoms with Crippen LogP contribution in [0.25, 0.3) is 16.9 Å². The minimum absolute atomic E-state index is 0.0320. The van der Waals surface area contributed by atoms with Crippen molar-refractivity contribution in [3.8, 4) is 16.9 Å². The van der Waals surface area contributed by atoms with E-state index in [-0.39, 0.29) is 18.5 Å². The number of anilines is 1. The second-order valence-electron chi connectivity index (χ2n) is 10.5. The highest BCUT2D eigenvalue weighted by Crippen LogP contribution is 2.47. The van der Waals surface area contributed by atoms with Gasteiger partial charge in [-0.15, -0.1) is 10.2 Å². The van der Waals surface area contributed by atoms with E-state index in [4.69, 9.17) is 5.10 Å². The summed E-state index contributed by atoms with van der Waals surface area (Å²) in [6.07, 6.45) is 7.34. The van der Waals surface area contributed by atoms with Crippen molar-refractivity contribution in [2.45, 2.75) is 76.3 Å². The van der Waals surface area contributed by atoms with Crippen molar-refractivity contribution in [3.63, 3.8) is 0 Å². The van der Waals surface area contributed by atoms with Crippen molar-refractivity contribution in [1.82, 2.24) is 24.8 Å². The van der Waals surface area contributed by atoms with E-state index in [2.05, 4.69) is 40.2 Å². The minimum Gasteiger partial charge on any atom is -0.437 e. The lowest BCUT2D eigenvalue weighted by molar-refractivity contribution is -0.0284. The van der Waals surface area contributed by atoms with Crippen LogP contribution in [-0.2, 0) is 6.42 Å². The Morgan fingerprint density at radius 3 is 2.69 bits per heavy atom. The third-order valence-corrected chi connectivity index (χ3v) is 8.16. The molecule has 5 heterocycles. The molecule has 3 aliphatic heterocycles. The van der Waals surface area contributed by atoms with Crippen molar-refractivity contribution in [2.24, 2.45) is 0 Å². The number of nitrogens with zero attached hydrogens (tertiary/aromatic N) is 6. The Kier molecular flexibility index (Phi) is 5.83. The molecule has 0 spiro atoms. The van der Waals surface area contributed by atoms with E-state index in [1.54, 1.807) is 17.8 Å². The first-order valence-corrected chi connectivity index (χ1v) is 12.9. The second kappa shape index (κ2) is 8.92. The van der Waals surface area contributed by atoms with Gasteiger partial charge in [0.25, 0.3) is 5.92 Å². The third kappa shape index (κ3) is 4.00. The molecule has 3 aliphatic rings. The molecule has 2 aromatic heterocycles. The van der Waals surface area contributed by atoms with Crippen molar-refractivity contribution in [2.75, 3.05) is 11.4 Å². The number of fused-ring (bicyclic) bond motifs is 3. The normalized spacial score (nSPS) is 25.5. The summed E-state index contributed by atoms with van der Waals surface area (Å²) in [6, 6.07) is 8.92. The quantitative estimate of drug-likeness (QED) is 0.553. The lowest BCUT2D eigenvalue weighted by Crippen LogP contribution is -2.57. The Balaban J connectivity index is 1.30. The maximum Gasteiger partial charge on any atom is 0.377 e. The topological polar surface area (TPSA) is 70.3 Å². The Hall–Kier alpha value is -2.85. The van der Waals surface area contributed by atoms with Crippen LogP contribution in [0, 0.1) is 6.92 Å². The molecule has 10 heteroatoms. The van der Waals surface area contributed by atoms with Gasteiger partial charge in [0.15, 0.2) is 5.82 Å². The van der Waals surface area contributed by atoms with Gasteiger partial charge in [-0.1, -0.05) is 6.07 Å². The zero-order valence-corrected chi connectivity index (χ0v) is 20.7. The van der Waals surface area contributed by atoms with Gasteiger partial charge in [-0.05, 0) is 81.2 Å². The van der Waals surface area contributed by atoms with Gasteiger partial charge in [0, 0.05) is 43.0 Å². The van der Waals surface area contributed by atoms with Crippen LogP contribution in [-0.4, -0.2) is 67.5 Å². The first-order valence-electron chi connectivity index (χ1n) is 12.9. The standard InChI is InChI=1S/C26H31BF2N6O/c1-17-12-19(34-11-5-9-30-34)7-8-22(17)23-13-18-6-3-4-10-33(25(18)32-31-23)20-14-21-16-26(28,29)24(15-20)35(21)27(2)36/h5,7-9,11-13,20-21,24,36H,3-4,6,10,14-16H2,1-2H3/t20-,21?,24-/m1/s1. The van der Waals surface area contributed by atoms with Gasteiger partial charge in [0.2, 0.25) is 0 Å². The number of rotatable bonds is 4. The fourth-order valence-corrected chi connectivity index (χ4v) is 6.56. The summed E-state index contributed by atoms with van der Waals surface area (Å²) in [5.41, 5.74) is 5.07. The van der Waals surface area contributed by atoms with Crippen molar-refractivity contribution < 1.29 is 13.8 Å². The predicted molar refractivity (Wildman–Crippen MR) is 135 cm³/mol. The van der Waals surface area contributed by atoms with Gasteiger partial charge in [-0.25, -0.2) is 13.5 Å². The Morgan fingerprint density at radius 1 is 1.11 bits per heavy atom. The Labute approximate surface area is 210 Å². The summed E-state index contributed by atoms with van der Waals surface area (Å²) < 4.78 is 31.5. The molecule has 3 aromatic rings. The molecule has 0 amide bonds. The highest BCUT2D eigenvalue weighted by molar-refractivity contribution is 6.45. The summed E-state index contributed by atoms with van der Waals surface area (Å²) >= 11 is 0. The summed E-state index contributed by atoms with van der Waals surface area (Å²) in [7, 11) is -0.865. The van der Waals surface area contributed by atoms with Crippen LogP contribution in [0.5, 0.6) is 0 Å². The maximum absolute atomic E-state index is 14.8. The Bertz CT molecular complexity index is 1250. The van der Waals surface area contributed by atoms with E-state index in [0.29, 0.717) is 12.8 Å². The first-order chi connectivity index (χ1) is 17.3. The average molecular weight is 492 g/mol. The predicted octanol–water partition coefficient (Wildman–Crippen LogP) is 4.13. The number of hydrogen-bond donors (Lipinski definition) is 1. The number of benzene rings is 1. The fraction of sp³-hybridized carbons (Fsp3) is 0.500. The molecule has 0 saturated carbocycles. The molecule has 3 atom stereocenters. The number of aryl methyl sites for hydroxylation is 2. The van der Waals surface area contributed by atoms with Crippen LogP contribution < -0.4 is 4.90 Å². The molecule has 0 aliphatic carbocycles. The van der Waals surface area contributed by atoms with Crippen LogP contribution in [0.2, 0.25) is 6.82 Å². The second-order valence-corrected chi connectivity index (χ2v) is 10.5. The van der Waals surface area contributed by atoms with Crippen LogP contribution in [0.3, 0.4) is 0 Å². The van der Waals surface area contributed by atoms with E-state index in [9.17, 15) is 13.8 Å². The molecule has 36 heavy (non-hydrogen) atoms. The number of aromatic nitrogens is 4. The van der Waals surface area contributed by atoms with E-state index in [1.165, 1.54) is 0 Å². The molecule has 2 fully saturated rings. The van der Waals surface area contributed by atoms with E-state index in [0.717, 1.165) is 59.7 Å². The van der Waals surface area contributed by atoms with Gasteiger partial charge >= 0.3 is 7.05 Å². The minimum atomic E-state index is -2.78. The van der Waals surface area contributed by atoms with Crippen LogP contribution in [0.4, 0.5) is 14.6 Å². The van der Waals surface area contributed by atoms with Crippen LogP contribution in [0.15, 0.2) is 42.7 Å². The van der Waals surface area contributed by atoms with Gasteiger partial charge in [-0.3, -0.25) is 0 Å². The summed E-state index contributed by atoms with van der Waals surface area (Å²) in [6.45, 7) is 4.45. The van der Waals surface area contributed by atoms with E-state index >= 15 is 0 Å². The molecule has 2 saturated heterocycles. The maximum atomic E-state index is 14.8. The number of piperidine rings is 1. The highest BCUT2D eigenvalue weighted by atomic mass is 19.3. The zero-order valence-electron chi connectivity index (χ0n) is 20.7. The number of halogens is 2. The third-order valence-electron chi connectivity index (χ3n) is 8.16. The number of alkyl halides is 2. The molecule has 7 nitrogen and oxygen atoms in total. The molecular formula is C26H31BF2N6O. The van der Waals surface area contributed by atoms with Gasteiger partial charge in [0.05, 0.1) is 17.4 Å². The van der Waals surface area contributed by atoms with E-state index in [1.807, 2.05) is 23.0 Å². The molecular weight excluding hydrogens is 461 g/mol. The lowest BCUT2D eigenvalue weighted by Gasteiger charge is -2.44. The molecule has 2 bridgehead atoms. The molecule has 1 unspecified atom stereocenters. The monoisotopic (exact) mass is 492 g/mol. The largest absolute Gasteiger partial charge is 0.437 e. The molecule has 188 valence electrons. The summed E-state index contributed by atoms with van der Waals surface area (Å²) in [5, 5.41) is 23.8. The SMILES string of the molecule is CB(O)N1C2C[C@@H](N3CCCCc4cc(-c5ccc(-n6cccn6)cc5C)nnc43)C[C@@H]1C(F)(F)C2. The van der Waals surface area contributed by atoms with Gasteiger partial charge in [-0.2, -0.15) is 5.10 Å². The van der Waals surface area contributed by atoms with Crippen molar-refractivity contribution in [3.05, 3.63) is 53.9 Å². The zero-order chi connectivity index (χ0) is 25.0. The fourth-order valence-electron chi connectivity index (χ4n) is 6.56. The van der Waals surface area contributed by atoms with Crippen LogP contribution in [0.1, 0.15) is 43.2 Å². The smallest absolute Gasteiger partial charge is 0.377 e. The lowest BCUT2D eigenvalue weighted by atomic mass is 9.78. The van der Waals surface area contributed by atoms with Gasteiger partial charge < -0.3 is 14.7 Å². The molecule has 1 aromatic carbocycles. The van der Waals surface area contributed by atoms with Gasteiger partial charge in [0.1, 0.15) is 0 Å². The Morgan fingerprint density at radius 2 is 1.97 bits per heavy atom. The molecule has 6 rings (SSSR count). The van der Waals surface area contributed by atoms with Crippen molar-refractivity contribution >= 4 is 12.9 Å². The highest BCUT2D eigenvalue weighted by Gasteiger charge is 2.59. The molecule has 0 radical (unpaired) electrons. The van der Waals surface area contributed by atoms with E-state index < -0.39 is 19.0 Å². The summed E-state index contributed by atoms with van der Waals surface area (Å²) in [4.78, 5) is 3.85.